The Labute approximate surface area is 216 Å². The molecule has 9 nitrogen and oxygen atoms in total. The molecule has 0 unspecified atom stereocenters. The summed E-state index contributed by atoms with van der Waals surface area (Å²) in [6.07, 6.45) is 0.207. The van der Waals surface area contributed by atoms with Gasteiger partial charge < -0.3 is 23.6 Å². The molecule has 196 valence electrons. The van der Waals surface area contributed by atoms with Gasteiger partial charge in [0.15, 0.2) is 6.61 Å². The van der Waals surface area contributed by atoms with E-state index in [1.807, 2.05) is 75.4 Å². The average Bonchev–Trinajstić information content (AvgIpc) is 3.51. The molecule has 2 aromatic carbocycles. The normalized spacial score (nSPS) is 17.5. The molecular weight excluding hydrogens is 474 g/mol. The van der Waals surface area contributed by atoms with E-state index in [4.69, 9.17) is 18.7 Å². The van der Waals surface area contributed by atoms with Crippen LogP contribution in [0.3, 0.4) is 0 Å². The fourth-order valence-electron chi connectivity index (χ4n) is 4.25. The third-order valence-corrected chi connectivity index (χ3v) is 5.96. The molecule has 0 bridgehead atoms. The van der Waals surface area contributed by atoms with Crippen molar-refractivity contribution in [2.45, 2.75) is 46.3 Å². The van der Waals surface area contributed by atoms with Gasteiger partial charge in [0.2, 0.25) is 5.82 Å². The van der Waals surface area contributed by atoms with E-state index in [1.54, 1.807) is 11.8 Å². The molecule has 0 N–H and O–H groups in total. The molecule has 1 aliphatic heterocycles. The van der Waals surface area contributed by atoms with Gasteiger partial charge in [-0.1, -0.05) is 35.5 Å². The number of carbonyl (C=O) groups is 2. The SMILES string of the molecule is CCOC(=O)[C@H]1CN(C(=O)OC(C)(C)C)C[C@H]1Cc1ccc(OCc2noc(-c3ccccc3)n2)cc1. The fraction of sp³-hybridized carbons (Fsp3) is 0.429. The summed E-state index contributed by atoms with van der Waals surface area (Å²) in [5, 5.41) is 3.98. The van der Waals surface area contributed by atoms with Crippen LogP contribution < -0.4 is 4.74 Å². The van der Waals surface area contributed by atoms with Crippen LogP contribution in [0, 0.1) is 11.8 Å². The Morgan fingerprint density at radius 3 is 2.46 bits per heavy atom. The molecule has 1 saturated heterocycles. The van der Waals surface area contributed by atoms with E-state index in [-0.39, 0.29) is 25.0 Å². The molecule has 0 saturated carbocycles. The lowest BCUT2D eigenvalue weighted by Gasteiger charge is -2.24. The van der Waals surface area contributed by atoms with Crippen molar-refractivity contribution in [2.24, 2.45) is 11.8 Å². The van der Waals surface area contributed by atoms with Crippen LogP contribution in [0.2, 0.25) is 0 Å². The highest BCUT2D eigenvalue weighted by Crippen LogP contribution is 2.30. The summed E-state index contributed by atoms with van der Waals surface area (Å²) >= 11 is 0. The van der Waals surface area contributed by atoms with Gasteiger partial charge in [0.05, 0.1) is 12.5 Å². The first-order chi connectivity index (χ1) is 17.7. The molecule has 2 heterocycles. The van der Waals surface area contributed by atoms with Gasteiger partial charge >= 0.3 is 12.1 Å². The highest BCUT2D eigenvalue weighted by Gasteiger charge is 2.41. The van der Waals surface area contributed by atoms with Crippen LogP contribution in [0.1, 0.15) is 39.1 Å². The molecule has 2 atom stereocenters. The lowest BCUT2D eigenvalue weighted by atomic mass is 9.90. The zero-order chi connectivity index (χ0) is 26.4. The monoisotopic (exact) mass is 507 g/mol. The summed E-state index contributed by atoms with van der Waals surface area (Å²) in [6, 6.07) is 17.2. The van der Waals surface area contributed by atoms with Crippen LogP contribution in [-0.2, 0) is 27.3 Å². The van der Waals surface area contributed by atoms with Crippen molar-refractivity contribution in [3.8, 4) is 17.2 Å². The van der Waals surface area contributed by atoms with Crippen LogP contribution in [0.4, 0.5) is 4.79 Å². The lowest BCUT2D eigenvalue weighted by Crippen LogP contribution is -2.36. The Hall–Kier alpha value is -3.88. The number of nitrogens with zero attached hydrogens (tertiary/aromatic N) is 3. The van der Waals surface area contributed by atoms with Crippen molar-refractivity contribution in [1.82, 2.24) is 15.0 Å². The predicted octanol–water partition coefficient (Wildman–Crippen LogP) is 4.90. The zero-order valence-electron chi connectivity index (χ0n) is 21.7. The minimum Gasteiger partial charge on any atom is -0.485 e. The zero-order valence-corrected chi connectivity index (χ0v) is 21.7. The van der Waals surface area contributed by atoms with E-state index in [0.717, 1.165) is 11.1 Å². The van der Waals surface area contributed by atoms with Gasteiger partial charge in [0.25, 0.3) is 5.89 Å². The summed E-state index contributed by atoms with van der Waals surface area (Å²) in [4.78, 5) is 31.2. The molecule has 0 spiro atoms. The second-order valence-corrected chi connectivity index (χ2v) is 10.0. The Morgan fingerprint density at radius 1 is 1.05 bits per heavy atom. The number of benzene rings is 2. The van der Waals surface area contributed by atoms with Crippen molar-refractivity contribution in [3.05, 3.63) is 66.0 Å². The number of amides is 1. The van der Waals surface area contributed by atoms with E-state index in [2.05, 4.69) is 10.1 Å². The quantitative estimate of drug-likeness (QED) is 0.397. The van der Waals surface area contributed by atoms with E-state index in [1.165, 1.54) is 0 Å². The molecule has 1 amide bonds. The van der Waals surface area contributed by atoms with Crippen molar-refractivity contribution in [1.29, 1.82) is 0 Å². The lowest BCUT2D eigenvalue weighted by molar-refractivity contribution is -0.148. The number of esters is 1. The van der Waals surface area contributed by atoms with Gasteiger partial charge in [0, 0.05) is 18.7 Å². The van der Waals surface area contributed by atoms with Gasteiger partial charge in [-0.05, 0) is 69.9 Å². The van der Waals surface area contributed by atoms with Crippen LogP contribution in [0.5, 0.6) is 5.75 Å². The average molecular weight is 508 g/mol. The number of rotatable bonds is 8. The molecule has 1 aromatic heterocycles. The molecule has 0 radical (unpaired) electrons. The molecule has 3 aromatic rings. The van der Waals surface area contributed by atoms with Gasteiger partial charge in [-0.15, -0.1) is 0 Å². The third-order valence-electron chi connectivity index (χ3n) is 5.96. The van der Waals surface area contributed by atoms with E-state index >= 15 is 0 Å². The predicted molar refractivity (Wildman–Crippen MR) is 136 cm³/mol. The number of hydrogen-bond acceptors (Lipinski definition) is 8. The van der Waals surface area contributed by atoms with Crippen LogP contribution >= 0.6 is 0 Å². The number of aromatic nitrogens is 2. The smallest absolute Gasteiger partial charge is 0.410 e. The number of carbonyl (C=O) groups excluding carboxylic acids is 2. The maximum Gasteiger partial charge on any atom is 0.410 e. The molecular formula is C28H33N3O6. The van der Waals surface area contributed by atoms with Crippen molar-refractivity contribution >= 4 is 12.1 Å². The summed E-state index contributed by atoms with van der Waals surface area (Å²) in [6.45, 7) is 8.45. The first kappa shape index (κ1) is 26.2. The Kier molecular flexibility index (Phi) is 8.11. The first-order valence-electron chi connectivity index (χ1n) is 12.5. The Bertz CT molecular complexity index is 1190. The van der Waals surface area contributed by atoms with Gasteiger partial charge in [-0.3, -0.25) is 4.79 Å². The molecule has 4 rings (SSSR count). The second-order valence-electron chi connectivity index (χ2n) is 10.0. The van der Waals surface area contributed by atoms with E-state index < -0.39 is 17.6 Å². The largest absolute Gasteiger partial charge is 0.485 e. The van der Waals surface area contributed by atoms with Crippen LogP contribution in [0.15, 0.2) is 59.1 Å². The van der Waals surface area contributed by atoms with E-state index in [9.17, 15) is 9.59 Å². The summed E-state index contributed by atoms with van der Waals surface area (Å²) in [5.41, 5.74) is 1.28. The minimum absolute atomic E-state index is 0.0749. The molecule has 1 aliphatic rings. The molecule has 0 aliphatic carbocycles. The highest BCUT2D eigenvalue weighted by molar-refractivity contribution is 5.76. The third kappa shape index (κ3) is 7.09. The summed E-state index contributed by atoms with van der Waals surface area (Å²) < 4.78 is 21.9. The summed E-state index contributed by atoms with van der Waals surface area (Å²) in [7, 11) is 0. The molecule has 37 heavy (non-hydrogen) atoms. The molecule has 9 heteroatoms. The first-order valence-corrected chi connectivity index (χ1v) is 12.5. The van der Waals surface area contributed by atoms with Crippen LogP contribution in [0.25, 0.3) is 11.5 Å². The van der Waals surface area contributed by atoms with Crippen molar-refractivity contribution in [2.75, 3.05) is 19.7 Å². The number of hydrogen-bond donors (Lipinski definition) is 0. The summed E-state index contributed by atoms with van der Waals surface area (Å²) in [5.74, 6) is 0.803. The fourth-order valence-corrected chi connectivity index (χ4v) is 4.25. The van der Waals surface area contributed by atoms with Gasteiger partial charge in [0.1, 0.15) is 11.4 Å². The van der Waals surface area contributed by atoms with Gasteiger partial charge in [-0.25, -0.2) is 4.79 Å². The minimum atomic E-state index is -0.602. The second kappa shape index (κ2) is 11.5. The maximum absolute atomic E-state index is 12.6. The Balaban J connectivity index is 1.36. The standard InChI is InChI=1S/C28H33N3O6/c1-5-34-26(32)23-17-31(27(33)36-28(2,3)4)16-21(23)15-19-11-13-22(14-12-19)35-18-24-29-25(37-30-24)20-9-7-6-8-10-20/h6-14,21,23H,5,15-18H2,1-4H3/t21-,23+/m1/s1. The number of ether oxygens (including phenoxy) is 3. The highest BCUT2D eigenvalue weighted by atomic mass is 16.6. The Morgan fingerprint density at radius 2 is 1.78 bits per heavy atom. The van der Waals surface area contributed by atoms with Gasteiger partial charge in [-0.2, -0.15) is 4.98 Å². The number of likely N-dealkylation sites (tertiary alicyclic amines) is 1. The maximum atomic E-state index is 12.6. The van der Waals surface area contributed by atoms with Crippen molar-refractivity contribution in [3.63, 3.8) is 0 Å². The molecule has 1 fully saturated rings. The topological polar surface area (TPSA) is 104 Å². The van der Waals surface area contributed by atoms with Crippen molar-refractivity contribution < 1.29 is 28.3 Å². The van der Waals surface area contributed by atoms with Crippen LogP contribution in [-0.4, -0.2) is 52.4 Å². The van der Waals surface area contributed by atoms with E-state index in [0.29, 0.717) is 37.0 Å².